The fraction of sp³-hybridized carbons (Fsp3) is 0.267. The Balaban J connectivity index is 1.70. The number of nitrogens with zero attached hydrogens (tertiary/aromatic N) is 4. The van der Waals surface area contributed by atoms with Gasteiger partial charge in [-0.1, -0.05) is 11.3 Å². The summed E-state index contributed by atoms with van der Waals surface area (Å²) in [6.07, 6.45) is -3.13. The number of hydrogen-bond donors (Lipinski definition) is 1. The summed E-state index contributed by atoms with van der Waals surface area (Å²) in [4.78, 5) is 7.72. The van der Waals surface area contributed by atoms with E-state index >= 15 is 0 Å². The Hall–Kier alpha value is -2.71. The van der Waals surface area contributed by atoms with Crippen LogP contribution in [-0.4, -0.2) is 35.3 Å². The molecule has 29 heavy (non-hydrogen) atoms. The molecule has 3 aromatic rings. The van der Waals surface area contributed by atoms with Crippen LogP contribution in [0.3, 0.4) is 0 Å². The molecule has 3 aromatic heterocycles. The number of alkyl halides is 3. The number of rotatable bonds is 7. The third kappa shape index (κ3) is 5.02. The molecule has 0 bridgehead atoms. The number of methoxy groups -OCH3 is 1. The van der Waals surface area contributed by atoms with Gasteiger partial charge in [0.1, 0.15) is 5.69 Å². The lowest BCUT2D eigenvalue weighted by Crippen LogP contribution is -2.23. The number of halogens is 3. The molecule has 0 unspecified atom stereocenters. The van der Waals surface area contributed by atoms with Crippen LogP contribution < -0.4 is 14.2 Å². The summed E-state index contributed by atoms with van der Waals surface area (Å²) < 4.78 is 76.3. The molecule has 0 saturated carbocycles. The largest absolute Gasteiger partial charge is 0.481 e. The maximum Gasteiger partial charge on any atom is 0.433 e. The van der Waals surface area contributed by atoms with E-state index in [1.165, 1.54) is 18.7 Å². The highest BCUT2D eigenvalue weighted by Gasteiger charge is 2.35. The van der Waals surface area contributed by atoms with E-state index in [4.69, 9.17) is 9.47 Å². The highest BCUT2D eigenvalue weighted by molar-refractivity contribution is 7.89. The summed E-state index contributed by atoms with van der Waals surface area (Å²) in [5.74, 6) is -0.0189. The topological polar surface area (TPSA) is 108 Å². The van der Waals surface area contributed by atoms with Gasteiger partial charge in [0.05, 0.1) is 7.11 Å². The second kappa shape index (κ2) is 7.96. The Kier molecular flexibility index (Phi) is 5.77. The molecule has 0 spiro atoms. The molecule has 0 aliphatic carbocycles. The number of ether oxygens (including phenoxy) is 2. The maximum absolute atomic E-state index is 12.8. The molecule has 1 N–H and O–H groups in total. The van der Waals surface area contributed by atoms with E-state index in [1.807, 2.05) is 0 Å². The molecule has 0 radical (unpaired) electrons. The summed E-state index contributed by atoms with van der Waals surface area (Å²) in [6, 6.07) is 3.88. The Morgan fingerprint density at radius 2 is 2.03 bits per heavy atom. The molecule has 0 aromatic carbocycles. The van der Waals surface area contributed by atoms with E-state index in [0.717, 1.165) is 18.4 Å². The third-order valence-electron chi connectivity index (χ3n) is 3.55. The molecule has 3 heterocycles. The molecule has 0 aliphatic heterocycles. The van der Waals surface area contributed by atoms with Crippen LogP contribution in [0.25, 0.3) is 0 Å². The average Bonchev–Trinajstić information content (AvgIpc) is 3.27. The highest BCUT2D eigenvalue weighted by Crippen LogP contribution is 2.33. The van der Waals surface area contributed by atoms with Crippen LogP contribution in [0.5, 0.6) is 17.0 Å². The first-order valence-electron chi connectivity index (χ1n) is 7.81. The van der Waals surface area contributed by atoms with Crippen molar-refractivity contribution in [2.45, 2.75) is 17.7 Å². The minimum Gasteiger partial charge on any atom is -0.481 e. The second-order valence-corrected chi connectivity index (χ2v) is 8.11. The van der Waals surface area contributed by atoms with E-state index in [1.54, 1.807) is 12.1 Å². The zero-order valence-electron chi connectivity index (χ0n) is 15.0. The van der Waals surface area contributed by atoms with Crippen molar-refractivity contribution in [2.24, 2.45) is 7.05 Å². The van der Waals surface area contributed by atoms with Crippen molar-refractivity contribution in [1.82, 2.24) is 24.5 Å². The van der Waals surface area contributed by atoms with Gasteiger partial charge in [0, 0.05) is 37.3 Å². The first-order chi connectivity index (χ1) is 13.6. The van der Waals surface area contributed by atoms with Gasteiger partial charge in [0.25, 0.3) is 15.2 Å². The van der Waals surface area contributed by atoms with Gasteiger partial charge in [-0.2, -0.15) is 18.2 Å². The van der Waals surface area contributed by atoms with Crippen LogP contribution in [0, 0.1) is 0 Å². The molecule has 0 fully saturated rings. The Morgan fingerprint density at radius 3 is 2.69 bits per heavy atom. The normalized spacial score (nSPS) is 12.2. The number of sulfonamides is 1. The number of aromatic nitrogens is 4. The SMILES string of the molecule is COc1cc(CNS(=O)(=O)c2csc(Oc3cc(C(F)(F)F)n(C)n3)n2)ccn1. The molecule has 0 aliphatic rings. The number of nitrogens with one attached hydrogen (secondary N) is 1. The molecule has 156 valence electrons. The summed E-state index contributed by atoms with van der Waals surface area (Å²) in [7, 11) is -1.42. The summed E-state index contributed by atoms with van der Waals surface area (Å²) in [5.41, 5.74) is -0.397. The third-order valence-corrected chi connectivity index (χ3v) is 5.70. The van der Waals surface area contributed by atoms with Crippen molar-refractivity contribution >= 4 is 21.4 Å². The van der Waals surface area contributed by atoms with Gasteiger partial charge in [-0.3, -0.25) is 4.68 Å². The molecule has 3 rings (SSSR count). The first-order valence-corrected chi connectivity index (χ1v) is 10.2. The summed E-state index contributed by atoms with van der Waals surface area (Å²) in [5, 5.41) is 4.31. The van der Waals surface area contributed by atoms with E-state index in [9.17, 15) is 21.6 Å². The van der Waals surface area contributed by atoms with Crippen molar-refractivity contribution in [3.8, 4) is 17.0 Å². The van der Waals surface area contributed by atoms with E-state index < -0.39 is 21.9 Å². The first kappa shape index (κ1) is 21.0. The predicted molar refractivity (Wildman–Crippen MR) is 95.2 cm³/mol. The van der Waals surface area contributed by atoms with Crippen molar-refractivity contribution < 1.29 is 31.1 Å². The minimum atomic E-state index is -4.60. The van der Waals surface area contributed by atoms with Crippen LogP contribution in [0.2, 0.25) is 0 Å². The Morgan fingerprint density at radius 1 is 1.28 bits per heavy atom. The molecule has 14 heteroatoms. The van der Waals surface area contributed by atoms with Crippen LogP contribution >= 0.6 is 11.3 Å². The van der Waals surface area contributed by atoms with Gasteiger partial charge in [0.15, 0.2) is 5.03 Å². The van der Waals surface area contributed by atoms with Crippen LogP contribution in [0.15, 0.2) is 34.8 Å². The van der Waals surface area contributed by atoms with Gasteiger partial charge in [-0.25, -0.2) is 18.1 Å². The lowest BCUT2D eigenvalue weighted by atomic mass is 10.3. The van der Waals surface area contributed by atoms with Crippen molar-refractivity contribution in [3.05, 3.63) is 41.0 Å². The van der Waals surface area contributed by atoms with E-state index in [-0.39, 0.29) is 22.6 Å². The second-order valence-electron chi connectivity index (χ2n) is 5.57. The molecular weight excluding hydrogens is 435 g/mol. The van der Waals surface area contributed by atoms with Crippen molar-refractivity contribution in [3.63, 3.8) is 0 Å². The number of hydrogen-bond acceptors (Lipinski definition) is 8. The lowest BCUT2D eigenvalue weighted by Gasteiger charge is -2.05. The van der Waals surface area contributed by atoms with Crippen LogP contribution in [0.1, 0.15) is 11.3 Å². The van der Waals surface area contributed by atoms with Gasteiger partial charge in [-0.05, 0) is 11.6 Å². The van der Waals surface area contributed by atoms with E-state index in [0.29, 0.717) is 22.2 Å². The van der Waals surface area contributed by atoms with Gasteiger partial charge >= 0.3 is 6.18 Å². The number of aryl methyl sites for hydroxylation is 1. The monoisotopic (exact) mass is 449 g/mol. The fourth-order valence-electron chi connectivity index (χ4n) is 2.18. The standard InChI is InChI=1S/C15H14F3N5O4S2/c1-23-10(15(16,17)18)6-12(22-23)27-14-21-13(8-28-14)29(24,25)20-7-9-3-4-19-11(5-9)26-2/h3-6,8,20H,7H2,1-2H3. The van der Waals surface area contributed by atoms with Gasteiger partial charge in [0.2, 0.25) is 11.8 Å². The molecule has 0 amide bonds. The smallest absolute Gasteiger partial charge is 0.433 e. The lowest BCUT2D eigenvalue weighted by molar-refractivity contribution is -0.143. The molecule has 9 nitrogen and oxygen atoms in total. The Labute approximate surface area is 167 Å². The number of thiazole rings is 1. The minimum absolute atomic E-state index is 0.0376. The number of pyridine rings is 1. The molecule has 0 saturated heterocycles. The van der Waals surface area contributed by atoms with Gasteiger partial charge in [-0.15, -0.1) is 5.10 Å². The Bertz CT molecular complexity index is 1110. The summed E-state index contributed by atoms with van der Waals surface area (Å²) in [6.45, 7) is -0.0376. The van der Waals surface area contributed by atoms with E-state index in [2.05, 4.69) is 19.8 Å². The average molecular weight is 449 g/mol. The van der Waals surface area contributed by atoms with Crippen molar-refractivity contribution in [2.75, 3.05) is 7.11 Å². The van der Waals surface area contributed by atoms with Crippen LogP contribution in [0.4, 0.5) is 13.2 Å². The van der Waals surface area contributed by atoms with Crippen LogP contribution in [-0.2, 0) is 29.8 Å². The zero-order chi connectivity index (χ0) is 21.2. The zero-order valence-corrected chi connectivity index (χ0v) is 16.6. The fourth-order valence-corrected chi connectivity index (χ4v) is 4.14. The maximum atomic E-state index is 12.8. The highest BCUT2D eigenvalue weighted by atomic mass is 32.2. The van der Waals surface area contributed by atoms with Gasteiger partial charge < -0.3 is 9.47 Å². The molecular formula is C15H14F3N5O4S2. The predicted octanol–water partition coefficient (Wildman–Crippen LogP) is 2.57. The quantitative estimate of drug-likeness (QED) is 0.591. The van der Waals surface area contributed by atoms with Crippen molar-refractivity contribution in [1.29, 1.82) is 0 Å². The molecule has 0 atom stereocenters. The summed E-state index contributed by atoms with van der Waals surface area (Å²) >= 11 is 0.809.